The Morgan fingerprint density at radius 3 is 2.27 bits per heavy atom. The highest BCUT2D eigenvalue weighted by atomic mass is 28.2. The van der Waals surface area contributed by atoms with E-state index >= 15 is 0 Å². The van der Waals surface area contributed by atoms with Crippen LogP contribution >= 0.6 is 0 Å². The Balaban J connectivity index is 1.75. The zero-order valence-corrected chi connectivity index (χ0v) is 14.8. The molecule has 2 aromatic carbocycles. The molecule has 0 N–H and O–H groups in total. The van der Waals surface area contributed by atoms with Crippen LogP contribution in [0.3, 0.4) is 0 Å². The second kappa shape index (κ2) is 7.41. The van der Waals surface area contributed by atoms with Gasteiger partial charge in [0, 0.05) is 0 Å². The van der Waals surface area contributed by atoms with E-state index in [0.29, 0.717) is 0 Å². The molecule has 1 heteroatoms. The smallest absolute Gasteiger partial charge is 0.0783 e. The Hall–Kier alpha value is -1.86. The summed E-state index contributed by atoms with van der Waals surface area (Å²) in [6.07, 6.45) is 7.37. The van der Waals surface area contributed by atoms with Crippen molar-refractivity contribution in [1.82, 2.24) is 0 Å². The van der Waals surface area contributed by atoms with Gasteiger partial charge in [0.1, 0.15) is 0 Å². The van der Waals surface area contributed by atoms with Gasteiger partial charge in [-0.25, -0.2) is 0 Å². The first-order chi connectivity index (χ1) is 10.8. The van der Waals surface area contributed by atoms with E-state index in [1.165, 1.54) is 24.8 Å². The van der Waals surface area contributed by atoms with Crippen LogP contribution in [0.2, 0.25) is 0 Å². The van der Waals surface area contributed by atoms with Gasteiger partial charge in [-0.15, -0.1) is 0 Å². The minimum absolute atomic E-state index is 0.285. The van der Waals surface area contributed by atoms with Gasteiger partial charge in [-0.2, -0.15) is 0 Å². The summed E-state index contributed by atoms with van der Waals surface area (Å²) < 4.78 is 0. The van der Waals surface area contributed by atoms with Gasteiger partial charge in [0.05, 0.1) is 9.52 Å². The van der Waals surface area contributed by atoms with Crippen LogP contribution in [0.5, 0.6) is 0 Å². The minimum Gasteiger partial charge on any atom is -0.0783 e. The van der Waals surface area contributed by atoms with Crippen LogP contribution in [-0.4, -0.2) is 9.52 Å². The summed E-state index contributed by atoms with van der Waals surface area (Å²) in [6.45, 7) is 2.29. The third kappa shape index (κ3) is 3.86. The lowest BCUT2D eigenvalue weighted by Crippen LogP contribution is -2.15. The van der Waals surface area contributed by atoms with E-state index < -0.39 is 0 Å². The van der Waals surface area contributed by atoms with Crippen molar-refractivity contribution in [1.29, 1.82) is 0 Å². The van der Waals surface area contributed by atoms with Crippen molar-refractivity contribution in [3.63, 3.8) is 0 Å². The van der Waals surface area contributed by atoms with Crippen molar-refractivity contribution < 1.29 is 0 Å². The van der Waals surface area contributed by atoms with Crippen LogP contribution in [0.15, 0.2) is 83.1 Å². The number of rotatable bonds is 6. The third-order valence-electron chi connectivity index (χ3n) is 4.34. The van der Waals surface area contributed by atoms with Gasteiger partial charge in [-0.3, -0.25) is 0 Å². The third-order valence-corrected chi connectivity index (χ3v) is 6.12. The highest BCUT2D eigenvalue weighted by Crippen LogP contribution is 2.30. The Labute approximate surface area is 136 Å². The molecular weight excluding hydrogens is 280 g/mol. The van der Waals surface area contributed by atoms with Gasteiger partial charge in [0.2, 0.25) is 0 Å². The van der Waals surface area contributed by atoms with Crippen molar-refractivity contribution >= 4 is 14.7 Å². The largest absolute Gasteiger partial charge is 0.0828 e. The van der Waals surface area contributed by atoms with Gasteiger partial charge in [0.25, 0.3) is 0 Å². The van der Waals surface area contributed by atoms with E-state index in [0.717, 1.165) is 6.42 Å². The number of benzene rings is 2. The van der Waals surface area contributed by atoms with E-state index in [1.54, 1.807) is 21.5 Å². The maximum absolute atomic E-state index is 2.53. The van der Waals surface area contributed by atoms with E-state index in [4.69, 9.17) is 0 Å². The SMILES string of the molecule is CCCC1=C(Cc2ccccc2)C=C([SiH2]c2ccccc2)C1. The molecule has 0 saturated carbocycles. The van der Waals surface area contributed by atoms with Crippen molar-refractivity contribution in [3.05, 3.63) is 88.6 Å². The van der Waals surface area contributed by atoms with E-state index in [9.17, 15) is 0 Å². The van der Waals surface area contributed by atoms with Crippen LogP contribution < -0.4 is 5.19 Å². The highest BCUT2D eigenvalue weighted by Gasteiger charge is 2.16. The summed E-state index contributed by atoms with van der Waals surface area (Å²) in [7, 11) is -0.285. The molecule has 3 rings (SSSR count). The van der Waals surface area contributed by atoms with Crippen LogP contribution in [0.4, 0.5) is 0 Å². The molecule has 0 fully saturated rings. The predicted octanol–water partition coefficient (Wildman–Crippen LogP) is 4.11. The van der Waals surface area contributed by atoms with E-state index in [2.05, 4.69) is 73.7 Å². The molecule has 22 heavy (non-hydrogen) atoms. The first kappa shape index (κ1) is 15.0. The summed E-state index contributed by atoms with van der Waals surface area (Å²) >= 11 is 0. The second-order valence-electron chi connectivity index (χ2n) is 6.18. The summed E-state index contributed by atoms with van der Waals surface area (Å²) in [5, 5.41) is 3.27. The lowest BCUT2D eigenvalue weighted by atomic mass is 10.00. The Kier molecular flexibility index (Phi) is 5.07. The number of allylic oxidation sites excluding steroid dienone is 4. The van der Waals surface area contributed by atoms with Gasteiger partial charge < -0.3 is 0 Å². The molecule has 1 aliphatic carbocycles. The zero-order chi connectivity index (χ0) is 15.2. The molecule has 0 unspecified atom stereocenters. The van der Waals surface area contributed by atoms with Crippen LogP contribution in [-0.2, 0) is 6.42 Å². The van der Waals surface area contributed by atoms with Gasteiger partial charge >= 0.3 is 0 Å². The molecule has 2 aromatic rings. The standard InChI is InChI=1S/C21H24Si/c1-2-9-18-15-21(22-20-12-7-4-8-13-20)16-19(18)14-17-10-5-3-6-11-17/h3-8,10-13,16H,2,9,14-15,22H2,1H3. The van der Waals surface area contributed by atoms with Crippen molar-refractivity contribution in [2.24, 2.45) is 0 Å². The molecule has 112 valence electrons. The normalized spacial score (nSPS) is 14.9. The molecule has 0 amide bonds. The Morgan fingerprint density at radius 1 is 0.909 bits per heavy atom. The van der Waals surface area contributed by atoms with E-state index in [-0.39, 0.29) is 9.52 Å². The van der Waals surface area contributed by atoms with Crippen molar-refractivity contribution in [2.45, 2.75) is 32.6 Å². The van der Waals surface area contributed by atoms with Crippen molar-refractivity contribution in [3.8, 4) is 0 Å². The molecule has 0 aliphatic heterocycles. The molecule has 0 heterocycles. The average molecular weight is 305 g/mol. The van der Waals surface area contributed by atoms with Gasteiger partial charge in [-0.05, 0) is 30.4 Å². The first-order valence-electron chi connectivity index (χ1n) is 8.33. The first-order valence-corrected chi connectivity index (χ1v) is 9.74. The second-order valence-corrected chi connectivity index (χ2v) is 8.26. The molecule has 0 atom stereocenters. The Bertz CT molecular complexity index is 666. The van der Waals surface area contributed by atoms with Crippen molar-refractivity contribution in [2.75, 3.05) is 0 Å². The monoisotopic (exact) mass is 304 g/mol. The zero-order valence-electron chi connectivity index (χ0n) is 13.4. The number of hydrogen-bond donors (Lipinski definition) is 0. The predicted molar refractivity (Wildman–Crippen MR) is 99.4 cm³/mol. The quantitative estimate of drug-likeness (QED) is 0.705. The summed E-state index contributed by atoms with van der Waals surface area (Å²) in [5.74, 6) is 0. The molecular formula is C21H24Si. The molecule has 0 radical (unpaired) electrons. The molecule has 1 aliphatic rings. The topological polar surface area (TPSA) is 0 Å². The summed E-state index contributed by atoms with van der Waals surface area (Å²) in [6, 6.07) is 21.9. The van der Waals surface area contributed by atoms with Crippen LogP contribution in [0, 0.1) is 0 Å². The van der Waals surface area contributed by atoms with Gasteiger partial charge in [-0.1, -0.05) is 96.0 Å². The maximum atomic E-state index is 2.53. The molecule has 0 nitrogen and oxygen atoms in total. The molecule has 0 bridgehead atoms. The van der Waals surface area contributed by atoms with Gasteiger partial charge in [0.15, 0.2) is 0 Å². The fourth-order valence-corrected chi connectivity index (χ4v) is 5.11. The summed E-state index contributed by atoms with van der Waals surface area (Å²) in [4.78, 5) is 0. The minimum atomic E-state index is -0.285. The Morgan fingerprint density at radius 2 is 1.59 bits per heavy atom. The maximum Gasteiger partial charge on any atom is 0.0828 e. The summed E-state index contributed by atoms with van der Waals surface area (Å²) in [5.41, 5.74) is 4.71. The van der Waals surface area contributed by atoms with E-state index in [1.807, 2.05) is 0 Å². The average Bonchev–Trinajstić information content (AvgIpc) is 2.91. The number of hydrogen-bond acceptors (Lipinski definition) is 0. The van der Waals surface area contributed by atoms with Crippen LogP contribution in [0.25, 0.3) is 0 Å². The fourth-order valence-electron chi connectivity index (χ4n) is 3.30. The van der Waals surface area contributed by atoms with Crippen LogP contribution in [0.1, 0.15) is 31.7 Å². The molecule has 0 spiro atoms. The fraction of sp³-hybridized carbons (Fsp3) is 0.238. The molecule has 0 saturated heterocycles. The molecule has 0 aromatic heterocycles. The highest BCUT2D eigenvalue weighted by molar-refractivity contribution is 6.61. The lowest BCUT2D eigenvalue weighted by Gasteiger charge is -2.07. The lowest BCUT2D eigenvalue weighted by molar-refractivity contribution is 0.870.